The zero-order valence-corrected chi connectivity index (χ0v) is 25.9. The van der Waals surface area contributed by atoms with Gasteiger partial charge in [-0.1, -0.05) is 37.3 Å². The van der Waals surface area contributed by atoms with E-state index in [1.54, 1.807) is 41.6 Å². The number of aromatic nitrogens is 1. The van der Waals surface area contributed by atoms with Gasteiger partial charge in [-0.2, -0.15) is 0 Å². The number of carbonyl (C=O) groups is 2. The van der Waals surface area contributed by atoms with Gasteiger partial charge in [-0.25, -0.2) is 0 Å². The fourth-order valence-electron chi connectivity index (χ4n) is 5.40. The van der Waals surface area contributed by atoms with Crippen molar-refractivity contribution in [3.63, 3.8) is 0 Å². The number of carbonyl (C=O) groups excluding carboxylic acids is 2. The molecule has 5 rings (SSSR count). The van der Waals surface area contributed by atoms with Gasteiger partial charge in [0.15, 0.2) is 0 Å². The van der Waals surface area contributed by atoms with E-state index in [1.807, 2.05) is 55.5 Å². The summed E-state index contributed by atoms with van der Waals surface area (Å²) in [6.07, 6.45) is 2.98. The molecule has 1 aliphatic heterocycles. The highest BCUT2D eigenvalue weighted by molar-refractivity contribution is 6.04. The van der Waals surface area contributed by atoms with Gasteiger partial charge in [0.05, 0.1) is 19.1 Å². The van der Waals surface area contributed by atoms with Crippen LogP contribution in [-0.4, -0.2) is 70.6 Å². The number of hydrogen-bond acceptors (Lipinski definition) is 7. The molecule has 0 aliphatic carbocycles. The molecular formula is C36H40N4O5. The smallest absolute Gasteiger partial charge is 0.255 e. The zero-order valence-electron chi connectivity index (χ0n) is 25.9. The van der Waals surface area contributed by atoms with Crippen LogP contribution in [0.5, 0.6) is 17.2 Å². The molecule has 45 heavy (non-hydrogen) atoms. The van der Waals surface area contributed by atoms with Crippen molar-refractivity contribution in [1.29, 1.82) is 0 Å². The summed E-state index contributed by atoms with van der Waals surface area (Å²) in [5.41, 5.74) is 2.86. The van der Waals surface area contributed by atoms with Crippen LogP contribution in [0.15, 0.2) is 97.3 Å². The number of aliphatic hydroxyl groups is 1. The van der Waals surface area contributed by atoms with Gasteiger partial charge < -0.3 is 24.8 Å². The number of hydrogen-bond donors (Lipinski definition) is 2. The maximum absolute atomic E-state index is 13.5. The monoisotopic (exact) mass is 608 g/mol. The van der Waals surface area contributed by atoms with E-state index in [2.05, 4.69) is 41.3 Å². The van der Waals surface area contributed by atoms with E-state index in [9.17, 15) is 14.7 Å². The Morgan fingerprint density at radius 1 is 1.07 bits per heavy atom. The third-order valence-electron chi connectivity index (χ3n) is 7.96. The lowest BCUT2D eigenvalue weighted by molar-refractivity contribution is -0.134. The Morgan fingerprint density at radius 2 is 1.78 bits per heavy atom. The van der Waals surface area contributed by atoms with Crippen molar-refractivity contribution in [3.05, 3.63) is 114 Å². The Morgan fingerprint density at radius 3 is 2.49 bits per heavy atom. The Labute approximate surface area is 264 Å². The predicted molar refractivity (Wildman–Crippen MR) is 173 cm³/mol. The minimum absolute atomic E-state index is 0.0240. The van der Waals surface area contributed by atoms with Crippen LogP contribution in [0.3, 0.4) is 0 Å². The lowest BCUT2D eigenvalue weighted by Crippen LogP contribution is -2.47. The molecule has 0 spiro atoms. The fourth-order valence-corrected chi connectivity index (χ4v) is 5.40. The molecule has 0 saturated heterocycles. The quantitative estimate of drug-likeness (QED) is 0.248. The van der Waals surface area contributed by atoms with Crippen molar-refractivity contribution in [2.45, 2.75) is 39.0 Å². The highest BCUT2D eigenvalue weighted by Gasteiger charge is 2.31. The number of benzene rings is 3. The first-order chi connectivity index (χ1) is 21.8. The molecule has 2 amide bonds. The first-order valence-corrected chi connectivity index (χ1v) is 15.2. The minimum Gasteiger partial charge on any atom is -0.488 e. The van der Waals surface area contributed by atoms with Gasteiger partial charge in [0.2, 0.25) is 5.91 Å². The summed E-state index contributed by atoms with van der Waals surface area (Å²) in [7, 11) is 2.05. The SMILES string of the molecule is C[C@@H]1CN([C@@H](C)CO)C(=O)Cc2cc(NC(=O)c3ccncc3)ccc2O[C@H]1CN(C)Cc1ccc(Oc2ccccc2)cc1. The highest BCUT2D eigenvalue weighted by atomic mass is 16.5. The van der Waals surface area contributed by atoms with Gasteiger partial charge in [0.25, 0.3) is 5.91 Å². The number of anilines is 1. The Hall–Kier alpha value is -4.73. The van der Waals surface area contributed by atoms with Gasteiger partial charge in [-0.15, -0.1) is 0 Å². The zero-order chi connectivity index (χ0) is 31.8. The second kappa shape index (κ2) is 14.8. The molecule has 0 radical (unpaired) electrons. The van der Waals surface area contributed by atoms with Crippen molar-refractivity contribution >= 4 is 17.5 Å². The van der Waals surface area contributed by atoms with Crippen LogP contribution in [-0.2, 0) is 17.8 Å². The van der Waals surface area contributed by atoms with E-state index in [1.165, 1.54) is 0 Å². The Balaban J connectivity index is 1.32. The number of para-hydroxylation sites is 1. The second-order valence-electron chi connectivity index (χ2n) is 11.7. The van der Waals surface area contributed by atoms with Gasteiger partial charge >= 0.3 is 0 Å². The van der Waals surface area contributed by atoms with Crippen LogP contribution >= 0.6 is 0 Å². The van der Waals surface area contributed by atoms with E-state index in [-0.39, 0.29) is 42.9 Å². The third-order valence-corrected chi connectivity index (χ3v) is 7.96. The van der Waals surface area contributed by atoms with Crippen LogP contribution in [0, 0.1) is 5.92 Å². The van der Waals surface area contributed by atoms with Crippen LogP contribution in [0.2, 0.25) is 0 Å². The van der Waals surface area contributed by atoms with Crippen LogP contribution in [0.1, 0.15) is 35.3 Å². The van der Waals surface area contributed by atoms with Crippen molar-refractivity contribution in [1.82, 2.24) is 14.8 Å². The van der Waals surface area contributed by atoms with Gasteiger partial charge in [-0.3, -0.25) is 19.5 Å². The largest absolute Gasteiger partial charge is 0.488 e. The topological polar surface area (TPSA) is 104 Å². The van der Waals surface area contributed by atoms with E-state index < -0.39 is 0 Å². The first kappa shape index (κ1) is 31.7. The summed E-state index contributed by atoms with van der Waals surface area (Å²) in [5, 5.41) is 12.9. The average Bonchev–Trinajstić information content (AvgIpc) is 3.09. The summed E-state index contributed by atoms with van der Waals surface area (Å²) in [5.74, 6) is 1.78. The number of nitrogens with zero attached hydrogens (tertiary/aromatic N) is 3. The molecule has 1 aliphatic rings. The number of likely N-dealkylation sites (N-methyl/N-ethyl adjacent to an activating group) is 1. The number of pyridine rings is 1. The van der Waals surface area contributed by atoms with Gasteiger partial charge in [0.1, 0.15) is 23.4 Å². The normalized spacial score (nSPS) is 17.4. The number of aliphatic hydroxyl groups excluding tert-OH is 1. The maximum Gasteiger partial charge on any atom is 0.255 e. The fraction of sp³-hybridized carbons (Fsp3) is 0.306. The van der Waals surface area contributed by atoms with E-state index in [0.717, 1.165) is 17.1 Å². The molecule has 0 unspecified atom stereocenters. The van der Waals surface area contributed by atoms with Crippen molar-refractivity contribution in [2.24, 2.45) is 5.92 Å². The van der Waals surface area contributed by atoms with Crippen molar-refractivity contribution < 1.29 is 24.2 Å². The van der Waals surface area contributed by atoms with Crippen LogP contribution < -0.4 is 14.8 Å². The summed E-state index contributed by atoms with van der Waals surface area (Å²) in [6, 6.07) is 26.1. The molecule has 9 nitrogen and oxygen atoms in total. The molecule has 3 aromatic carbocycles. The van der Waals surface area contributed by atoms with E-state index in [0.29, 0.717) is 42.2 Å². The molecule has 0 saturated carbocycles. The molecule has 2 heterocycles. The van der Waals surface area contributed by atoms with Crippen molar-refractivity contribution in [3.8, 4) is 17.2 Å². The van der Waals surface area contributed by atoms with Crippen LogP contribution in [0.25, 0.3) is 0 Å². The van der Waals surface area contributed by atoms with Crippen molar-refractivity contribution in [2.75, 3.05) is 32.1 Å². The Bertz CT molecular complexity index is 1570. The summed E-state index contributed by atoms with van der Waals surface area (Å²) in [4.78, 5) is 34.2. The molecule has 234 valence electrons. The predicted octanol–water partition coefficient (Wildman–Crippen LogP) is 5.41. The standard InChI is InChI=1S/C36H40N4O5/c1-25-21-40(26(2)24-41)35(42)20-29-19-30(38-36(43)28-15-17-37-18-16-28)11-14-33(29)45-34(25)23-39(3)22-27-9-12-32(13-10-27)44-31-7-5-4-6-8-31/h4-19,25-26,34,41H,20-24H2,1-3H3,(H,38,43)/t25-,26+,34+/m1/s1. The highest BCUT2D eigenvalue weighted by Crippen LogP contribution is 2.30. The number of ether oxygens (including phenoxy) is 2. The Kier molecular flexibility index (Phi) is 10.4. The summed E-state index contributed by atoms with van der Waals surface area (Å²) >= 11 is 0. The van der Waals surface area contributed by atoms with Gasteiger partial charge in [0, 0.05) is 54.8 Å². The number of fused-ring (bicyclic) bond motifs is 1. The molecule has 1 aromatic heterocycles. The lowest BCUT2D eigenvalue weighted by Gasteiger charge is -2.34. The second-order valence-corrected chi connectivity index (χ2v) is 11.7. The molecular weight excluding hydrogens is 568 g/mol. The number of nitrogens with one attached hydrogen (secondary N) is 1. The molecule has 3 atom stereocenters. The van der Waals surface area contributed by atoms with E-state index in [4.69, 9.17) is 9.47 Å². The van der Waals surface area contributed by atoms with E-state index >= 15 is 0 Å². The minimum atomic E-state index is -0.342. The lowest BCUT2D eigenvalue weighted by atomic mass is 10.0. The third kappa shape index (κ3) is 8.47. The van der Waals surface area contributed by atoms with Gasteiger partial charge in [-0.05, 0) is 74.1 Å². The maximum atomic E-state index is 13.5. The summed E-state index contributed by atoms with van der Waals surface area (Å²) < 4.78 is 12.6. The molecule has 2 N–H and O–H groups in total. The number of rotatable bonds is 10. The molecule has 4 aromatic rings. The first-order valence-electron chi connectivity index (χ1n) is 15.2. The molecule has 0 fully saturated rings. The summed E-state index contributed by atoms with van der Waals surface area (Å²) in [6.45, 7) is 5.54. The van der Waals surface area contributed by atoms with Crippen LogP contribution in [0.4, 0.5) is 5.69 Å². The number of amides is 2. The molecule has 9 heteroatoms. The average molecular weight is 609 g/mol. The molecule has 0 bridgehead atoms.